The molecule has 0 fully saturated rings. The summed E-state index contributed by atoms with van der Waals surface area (Å²) < 4.78 is 0. The second-order valence-corrected chi connectivity index (χ2v) is 7.96. The number of hydrogen-bond acceptors (Lipinski definition) is 3. The summed E-state index contributed by atoms with van der Waals surface area (Å²) in [5.41, 5.74) is 3.07. The number of rotatable bonds is 11. The minimum Gasteiger partial charge on any atom is -0.382 e. The molecule has 26 heavy (non-hydrogen) atoms. The molecule has 3 nitrogen and oxygen atoms in total. The van der Waals surface area contributed by atoms with Gasteiger partial charge in [-0.25, -0.2) is 0 Å². The van der Waals surface area contributed by atoms with E-state index in [0.29, 0.717) is 6.42 Å². The van der Waals surface area contributed by atoms with E-state index in [1.165, 1.54) is 25.5 Å². The van der Waals surface area contributed by atoms with E-state index in [4.69, 9.17) is 0 Å². The van der Waals surface area contributed by atoms with Gasteiger partial charge in [0.05, 0.1) is 0 Å². The molecule has 0 spiro atoms. The molecular weight excluding hydrogens is 324 g/mol. The summed E-state index contributed by atoms with van der Waals surface area (Å²) in [4.78, 5) is 23.8. The third kappa shape index (κ3) is 12.6. The molecule has 0 atom stereocenters. The Morgan fingerprint density at radius 1 is 0.808 bits per heavy atom. The fourth-order valence-corrected chi connectivity index (χ4v) is 2.35. The van der Waals surface area contributed by atoms with E-state index in [9.17, 15) is 14.7 Å². The molecule has 146 valence electrons. The van der Waals surface area contributed by atoms with Crippen LogP contribution in [0.15, 0.2) is 46.6 Å². The number of aliphatic hydroxyl groups is 1. The highest BCUT2D eigenvalue weighted by Gasteiger charge is 2.21. The van der Waals surface area contributed by atoms with Gasteiger partial charge in [-0.2, -0.15) is 0 Å². The largest absolute Gasteiger partial charge is 0.382 e. The monoisotopic (exact) mass is 360 g/mol. The van der Waals surface area contributed by atoms with Crippen LogP contribution >= 0.6 is 0 Å². The molecule has 0 unspecified atom stereocenters. The van der Waals surface area contributed by atoms with Gasteiger partial charge in [0, 0.05) is 6.42 Å². The molecule has 0 rings (SSSR count). The van der Waals surface area contributed by atoms with Gasteiger partial charge in [0.15, 0.2) is 11.6 Å². The molecule has 0 radical (unpaired) electrons. The van der Waals surface area contributed by atoms with E-state index in [0.717, 1.165) is 42.4 Å². The van der Waals surface area contributed by atoms with Gasteiger partial charge in [-0.3, -0.25) is 9.59 Å². The maximum Gasteiger partial charge on any atom is 0.186 e. The van der Waals surface area contributed by atoms with E-state index >= 15 is 0 Å². The average Bonchev–Trinajstić information content (AvgIpc) is 2.45. The molecule has 0 amide bonds. The lowest BCUT2D eigenvalue weighted by atomic mass is 9.99. The predicted molar refractivity (Wildman–Crippen MR) is 110 cm³/mol. The van der Waals surface area contributed by atoms with Crippen LogP contribution in [0.5, 0.6) is 0 Å². The second-order valence-electron chi connectivity index (χ2n) is 7.96. The van der Waals surface area contributed by atoms with Crippen LogP contribution in [0.1, 0.15) is 80.6 Å². The van der Waals surface area contributed by atoms with Gasteiger partial charge < -0.3 is 5.11 Å². The van der Waals surface area contributed by atoms with Crippen molar-refractivity contribution in [3.63, 3.8) is 0 Å². The second kappa shape index (κ2) is 11.8. The zero-order valence-corrected chi connectivity index (χ0v) is 17.6. The highest BCUT2D eigenvalue weighted by molar-refractivity contribution is 5.96. The zero-order chi connectivity index (χ0) is 20.3. The number of allylic oxidation sites excluding steroid dienone is 7. The normalized spacial score (nSPS) is 13.6. The SMILES string of the molecule is CC(C)=CCC/C(C)=C/C(=O)C/C(C)=C/CC/C(C)=C/C(=O)C(C)(C)O. The minimum atomic E-state index is -1.32. The Morgan fingerprint density at radius 3 is 1.81 bits per heavy atom. The van der Waals surface area contributed by atoms with E-state index < -0.39 is 5.60 Å². The summed E-state index contributed by atoms with van der Waals surface area (Å²) in [7, 11) is 0. The lowest BCUT2D eigenvalue weighted by Gasteiger charge is -2.13. The number of carbonyl (C=O) groups excluding carboxylic acids is 2. The average molecular weight is 361 g/mol. The molecule has 0 saturated carbocycles. The van der Waals surface area contributed by atoms with Crippen LogP contribution in [-0.4, -0.2) is 22.3 Å². The first kappa shape index (κ1) is 24.3. The topological polar surface area (TPSA) is 54.4 Å². The quantitative estimate of drug-likeness (QED) is 0.382. The lowest BCUT2D eigenvalue weighted by Crippen LogP contribution is -2.29. The van der Waals surface area contributed by atoms with Crippen molar-refractivity contribution in [1.29, 1.82) is 0 Å². The first-order valence-corrected chi connectivity index (χ1v) is 9.34. The number of hydrogen-bond donors (Lipinski definition) is 1. The van der Waals surface area contributed by atoms with Gasteiger partial charge in [0.25, 0.3) is 0 Å². The van der Waals surface area contributed by atoms with Crippen molar-refractivity contribution in [3.05, 3.63) is 46.6 Å². The third-order valence-corrected chi connectivity index (χ3v) is 3.96. The molecule has 0 aliphatic rings. The molecule has 3 heteroatoms. The summed E-state index contributed by atoms with van der Waals surface area (Å²) in [6.45, 7) is 13.0. The number of ketones is 2. The molecular formula is C23H36O3. The summed E-state index contributed by atoms with van der Waals surface area (Å²) in [5.74, 6) is -0.141. The van der Waals surface area contributed by atoms with Crippen molar-refractivity contribution < 1.29 is 14.7 Å². The van der Waals surface area contributed by atoms with E-state index in [1.54, 1.807) is 6.08 Å². The van der Waals surface area contributed by atoms with E-state index in [2.05, 4.69) is 26.0 Å². The van der Waals surface area contributed by atoms with Crippen LogP contribution < -0.4 is 0 Å². The summed E-state index contributed by atoms with van der Waals surface area (Å²) in [6, 6.07) is 0. The van der Waals surface area contributed by atoms with Gasteiger partial charge in [-0.1, -0.05) is 34.4 Å². The highest BCUT2D eigenvalue weighted by Crippen LogP contribution is 2.13. The highest BCUT2D eigenvalue weighted by atomic mass is 16.3. The number of carbonyl (C=O) groups is 2. The van der Waals surface area contributed by atoms with Crippen molar-refractivity contribution in [3.8, 4) is 0 Å². The molecule has 0 saturated heterocycles. The fraction of sp³-hybridized carbons (Fsp3) is 0.565. The Balaban J connectivity index is 4.44. The molecule has 0 heterocycles. The van der Waals surface area contributed by atoms with Crippen LogP contribution in [0.4, 0.5) is 0 Å². The maximum atomic E-state index is 12.1. The Labute approximate surface area is 159 Å². The van der Waals surface area contributed by atoms with Crippen molar-refractivity contribution in [2.45, 2.75) is 86.2 Å². The smallest absolute Gasteiger partial charge is 0.186 e. The van der Waals surface area contributed by atoms with Crippen LogP contribution in [0.3, 0.4) is 0 Å². The first-order valence-electron chi connectivity index (χ1n) is 9.34. The van der Waals surface area contributed by atoms with Crippen molar-refractivity contribution in [2.24, 2.45) is 0 Å². The van der Waals surface area contributed by atoms with Gasteiger partial charge >= 0.3 is 0 Å². The van der Waals surface area contributed by atoms with Crippen molar-refractivity contribution >= 4 is 11.6 Å². The van der Waals surface area contributed by atoms with Crippen LogP contribution in [0, 0.1) is 0 Å². The molecule has 0 aromatic rings. The molecule has 0 bridgehead atoms. The Bertz CT molecular complexity index is 604. The maximum absolute atomic E-state index is 12.1. The minimum absolute atomic E-state index is 0.137. The summed E-state index contributed by atoms with van der Waals surface area (Å²) in [5, 5.41) is 9.65. The molecule has 0 aromatic heterocycles. The third-order valence-electron chi connectivity index (χ3n) is 3.96. The Morgan fingerprint density at radius 2 is 1.31 bits per heavy atom. The summed E-state index contributed by atoms with van der Waals surface area (Å²) in [6.07, 6.45) is 11.3. The van der Waals surface area contributed by atoms with Crippen molar-refractivity contribution in [2.75, 3.05) is 0 Å². The van der Waals surface area contributed by atoms with Gasteiger partial charge in [0.2, 0.25) is 0 Å². The van der Waals surface area contributed by atoms with Crippen LogP contribution in [0.2, 0.25) is 0 Å². The standard InChI is InChI=1S/C23H36O3/c1-17(2)10-8-11-18(3)14-21(24)15-19(4)12-9-13-20(5)16-22(25)23(6,7)26/h10,12,14,16,26H,8-9,11,13,15H2,1-7H3/b18-14+,19-12+,20-16+. The van der Waals surface area contributed by atoms with Gasteiger partial charge in [-0.15, -0.1) is 0 Å². The Kier molecular flexibility index (Phi) is 11.0. The molecule has 0 aliphatic carbocycles. The van der Waals surface area contributed by atoms with E-state index in [-0.39, 0.29) is 11.6 Å². The zero-order valence-electron chi connectivity index (χ0n) is 17.6. The van der Waals surface area contributed by atoms with Gasteiger partial charge in [0.1, 0.15) is 5.60 Å². The summed E-state index contributed by atoms with van der Waals surface area (Å²) >= 11 is 0. The first-order chi connectivity index (χ1) is 11.9. The van der Waals surface area contributed by atoms with Crippen LogP contribution in [-0.2, 0) is 9.59 Å². The molecule has 0 aliphatic heterocycles. The molecule has 1 N–H and O–H groups in total. The van der Waals surface area contributed by atoms with E-state index in [1.807, 2.05) is 20.8 Å². The van der Waals surface area contributed by atoms with Crippen molar-refractivity contribution in [1.82, 2.24) is 0 Å². The van der Waals surface area contributed by atoms with Crippen LogP contribution in [0.25, 0.3) is 0 Å². The van der Waals surface area contributed by atoms with Gasteiger partial charge in [-0.05, 0) is 86.3 Å². The molecule has 0 aromatic carbocycles. The fourth-order valence-electron chi connectivity index (χ4n) is 2.35. The lowest BCUT2D eigenvalue weighted by molar-refractivity contribution is -0.128. The Hall–Kier alpha value is -1.74. The predicted octanol–water partition coefficient (Wildman–Crippen LogP) is 5.65.